The molecular weight excluding hydrogens is 258 g/mol. The second-order valence-electron chi connectivity index (χ2n) is 3.83. The van der Waals surface area contributed by atoms with Gasteiger partial charge in [-0.05, 0) is 20.8 Å². The van der Waals surface area contributed by atoms with E-state index in [9.17, 15) is 8.42 Å². The number of aliphatic hydroxyl groups is 1. The Morgan fingerprint density at radius 1 is 1.11 bits per heavy atom. The summed E-state index contributed by atoms with van der Waals surface area (Å²) in [4.78, 5) is 0. The van der Waals surface area contributed by atoms with Crippen LogP contribution in [0, 0.1) is 0 Å². The fraction of sp³-hybridized carbons (Fsp3) is 1.00. The van der Waals surface area contributed by atoms with Crippen LogP contribution in [0.5, 0.6) is 0 Å². The Balaban J connectivity index is 4.52. The van der Waals surface area contributed by atoms with E-state index in [4.69, 9.17) is 14.6 Å². The monoisotopic (exact) mass is 283 g/mol. The maximum absolute atomic E-state index is 12.1. The van der Waals surface area contributed by atoms with Crippen LogP contribution in [0.4, 0.5) is 0 Å². The fourth-order valence-electron chi connectivity index (χ4n) is 1.34. The number of nitrogens with zero attached hydrogens (tertiary/aromatic N) is 1. The van der Waals surface area contributed by atoms with Crippen molar-refractivity contribution in [3.63, 3.8) is 0 Å². The predicted octanol–water partition coefficient (Wildman–Crippen LogP) is 0.0720. The molecule has 0 heterocycles. The highest BCUT2D eigenvalue weighted by Crippen LogP contribution is 2.08. The van der Waals surface area contributed by atoms with Crippen molar-refractivity contribution in [2.45, 2.75) is 26.0 Å². The molecule has 0 rings (SSSR count). The molecule has 18 heavy (non-hydrogen) atoms. The van der Waals surface area contributed by atoms with Crippen molar-refractivity contribution in [1.29, 1.82) is 0 Å². The molecule has 110 valence electrons. The molecule has 0 aromatic rings. The van der Waals surface area contributed by atoms with Crippen molar-refractivity contribution < 1.29 is 23.0 Å². The number of rotatable bonds is 11. The van der Waals surface area contributed by atoms with Crippen LogP contribution in [-0.4, -0.2) is 69.2 Å². The van der Waals surface area contributed by atoms with Crippen molar-refractivity contribution in [2.75, 3.05) is 46.1 Å². The number of hydrogen-bond donors (Lipinski definition) is 1. The molecule has 0 bridgehead atoms. The average molecular weight is 283 g/mol. The Hall–Kier alpha value is -0.210. The summed E-state index contributed by atoms with van der Waals surface area (Å²) in [5.41, 5.74) is 0. The Morgan fingerprint density at radius 3 is 1.89 bits per heavy atom. The summed E-state index contributed by atoms with van der Waals surface area (Å²) in [7, 11) is -3.49. The number of aliphatic hydroxyl groups excluding tert-OH is 1. The molecule has 0 radical (unpaired) electrons. The lowest BCUT2D eigenvalue weighted by molar-refractivity contribution is 0.110. The van der Waals surface area contributed by atoms with Crippen molar-refractivity contribution in [1.82, 2.24) is 4.31 Å². The third-order valence-corrected chi connectivity index (χ3v) is 4.75. The first-order valence-electron chi connectivity index (χ1n) is 6.25. The topological polar surface area (TPSA) is 76.1 Å². The van der Waals surface area contributed by atoms with Gasteiger partial charge in [0.25, 0.3) is 0 Å². The van der Waals surface area contributed by atoms with Crippen LogP contribution in [0.15, 0.2) is 0 Å². The average Bonchev–Trinajstić information content (AvgIpc) is 2.36. The number of ether oxygens (including phenoxy) is 2. The van der Waals surface area contributed by atoms with Gasteiger partial charge in [0.1, 0.15) is 0 Å². The van der Waals surface area contributed by atoms with Crippen molar-refractivity contribution in [2.24, 2.45) is 0 Å². The lowest BCUT2D eigenvalue weighted by Crippen LogP contribution is -2.42. The summed E-state index contributed by atoms with van der Waals surface area (Å²) in [5, 5.41) is 8.19. The fourth-order valence-corrected chi connectivity index (χ4v) is 2.69. The molecule has 1 N–H and O–H groups in total. The first kappa shape index (κ1) is 17.8. The molecule has 1 unspecified atom stereocenters. The molecule has 0 fully saturated rings. The molecule has 0 amide bonds. The van der Waals surface area contributed by atoms with Crippen molar-refractivity contribution in [3.8, 4) is 0 Å². The van der Waals surface area contributed by atoms with E-state index in [1.54, 1.807) is 0 Å². The smallest absolute Gasteiger partial charge is 0.219 e. The Kier molecular flexibility index (Phi) is 9.57. The van der Waals surface area contributed by atoms with E-state index in [-0.39, 0.29) is 19.7 Å². The summed E-state index contributed by atoms with van der Waals surface area (Å²) >= 11 is 0. The first-order chi connectivity index (χ1) is 8.50. The highest BCUT2D eigenvalue weighted by Gasteiger charge is 2.27. The van der Waals surface area contributed by atoms with E-state index in [2.05, 4.69) is 0 Å². The summed E-state index contributed by atoms with van der Waals surface area (Å²) in [6.45, 7) is 7.18. The van der Waals surface area contributed by atoms with Crippen LogP contribution in [-0.2, 0) is 19.5 Å². The number of hydrogen-bond acceptors (Lipinski definition) is 5. The van der Waals surface area contributed by atoms with E-state index >= 15 is 0 Å². The molecular formula is C11H25NO5S. The van der Waals surface area contributed by atoms with Crippen molar-refractivity contribution >= 4 is 10.0 Å². The van der Waals surface area contributed by atoms with E-state index < -0.39 is 15.3 Å². The third kappa shape index (κ3) is 6.10. The summed E-state index contributed by atoms with van der Waals surface area (Å²) < 4.78 is 35.9. The SMILES string of the molecule is CCOCCN(CCOCC)S(=O)(=O)C(C)CO. The largest absolute Gasteiger partial charge is 0.395 e. The van der Waals surface area contributed by atoms with E-state index in [0.717, 1.165) is 0 Å². The first-order valence-corrected chi connectivity index (χ1v) is 7.76. The van der Waals surface area contributed by atoms with Crippen LogP contribution in [0.2, 0.25) is 0 Å². The van der Waals surface area contributed by atoms with Gasteiger partial charge in [-0.15, -0.1) is 0 Å². The van der Waals surface area contributed by atoms with Crippen molar-refractivity contribution in [3.05, 3.63) is 0 Å². The molecule has 0 aliphatic rings. The lowest BCUT2D eigenvalue weighted by atomic mass is 10.5. The maximum atomic E-state index is 12.1. The van der Waals surface area contributed by atoms with Gasteiger partial charge in [-0.25, -0.2) is 8.42 Å². The second-order valence-corrected chi connectivity index (χ2v) is 6.18. The van der Waals surface area contributed by atoms with Crippen LogP contribution >= 0.6 is 0 Å². The third-order valence-electron chi connectivity index (χ3n) is 2.50. The normalized spacial score (nSPS) is 14.1. The maximum Gasteiger partial charge on any atom is 0.219 e. The highest BCUT2D eigenvalue weighted by atomic mass is 32.2. The van der Waals surface area contributed by atoms with Gasteiger partial charge in [-0.2, -0.15) is 4.31 Å². The molecule has 0 saturated carbocycles. The molecule has 0 aromatic heterocycles. The minimum absolute atomic E-state index is 0.285. The van der Waals surface area contributed by atoms with E-state index in [1.807, 2.05) is 13.8 Å². The van der Waals surface area contributed by atoms with Gasteiger partial charge in [0.05, 0.1) is 25.1 Å². The zero-order chi connectivity index (χ0) is 14.0. The second kappa shape index (κ2) is 9.69. The van der Waals surface area contributed by atoms with E-state index in [1.165, 1.54) is 11.2 Å². The standard InChI is InChI=1S/C11H25NO5S/c1-4-16-8-6-12(7-9-17-5-2)18(14,15)11(3)10-13/h11,13H,4-10H2,1-3H3. The van der Waals surface area contributed by atoms with Gasteiger partial charge >= 0.3 is 0 Å². The molecule has 0 aromatic carbocycles. The molecule has 7 heteroatoms. The van der Waals surface area contributed by atoms with Gasteiger partial charge < -0.3 is 14.6 Å². The molecule has 1 atom stereocenters. The Labute approximate surface area is 110 Å². The minimum Gasteiger partial charge on any atom is -0.395 e. The summed E-state index contributed by atoms with van der Waals surface area (Å²) in [5.74, 6) is 0. The number of sulfonamides is 1. The molecule has 6 nitrogen and oxygen atoms in total. The summed E-state index contributed by atoms with van der Waals surface area (Å²) in [6.07, 6.45) is 0. The van der Waals surface area contributed by atoms with Gasteiger partial charge in [0.15, 0.2) is 0 Å². The zero-order valence-electron chi connectivity index (χ0n) is 11.5. The minimum atomic E-state index is -3.49. The molecule has 0 aliphatic heterocycles. The zero-order valence-corrected chi connectivity index (χ0v) is 12.3. The highest BCUT2D eigenvalue weighted by molar-refractivity contribution is 7.89. The molecule has 0 aliphatic carbocycles. The van der Waals surface area contributed by atoms with Crippen LogP contribution in [0.25, 0.3) is 0 Å². The molecule has 0 spiro atoms. The van der Waals surface area contributed by atoms with Gasteiger partial charge in [-0.3, -0.25) is 0 Å². The van der Waals surface area contributed by atoms with E-state index in [0.29, 0.717) is 26.4 Å². The predicted molar refractivity (Wildman–Crippen MR) is 70.0 cm³/mol. The quantitative estimate of drug-likeness (QED) is 0.543. The van der Waals surface area contributed by atoms with Crippen LogP contribution in [0.3, 0.4) is 0 Å². The van der Waals surface area contributed by atoms with Crippen LogP contribution in [0.1, 0.15) is 20.8 Å². The van der Waals surface area contributed by atoms with Crippen LogP contribution < -0.4 is 0 Å². The Bertz CT molecular complexity index is 284. The van der Waals surface area contributed by atoms with Gasteiger partial charge in [0.2, 0.25) is 10.0 Å². The Morgan fingerprint density at radius 2 is 1.56 bits per heavy atom. The molecule has 0 saturated heterocycles. The lowest BCUT2D eigenvalue weighted by Gasteiger charge is -2.24. The van der Waals surface area contributed by atoms with Gasteiger partial charge in [0, 0.05) is 26.3 Å². The van der Waals surface area contributed by atoms with Gasteiger partial charge in [-0.1, -0.05) is 0 Å². The summed E-state index contributed by atoms with van der Waals surface area (Å²) in [6, 6.07) is 0.